The van der Waals surface area contributed by atoms with E-state index in [4.69, 9.17) is 9.47 Å². The van der Waals surface area contributed by atoms with Crippen LogP contribution in [0.4, 0.5) is 16.0 Å². The van der Waals surface area contributed by atoms with Gasteiger partial charge in [0.25, 0.3) is 5.91 Å². The average Bonchev–Trinajstić information content (AvgIpc) is 3.09. The van der Waals surface area contributed by atoms with Gasteiger partial charge in [0.15, 0.2) is 11.6 Å². The van der Waals surface area contributed by atoms with Crippen LogP contribution in [0.25, 0.3) is 0 Å². The molecule has 1 aliphatic carbocycles. The number of halogens is 1. The molecule has 50 heavy (non-hydrogen) atoms. The molecular formula is C38H47FN8O3. The van der Waals surface area contributed by atoms with Gasteiger partial charge in [0.05, 0.1) is 11.8 Å². The maximum Gasteiger partial charge on any atom is 0.257 e. The number of nitrogens with one attached hydrogen (secondary N) is 1. The van der Waals surface area contributed by atoms with E-state index in [0.29, 0.717) is 18.1 Å². The van der Waals surface area contributed by atoms with E-state index in [1.807, 2.05) is 51.2 Å². The van der Waals surface area contributed by atoms with Crippen LogP contribution in [0, 0.1) is 11.2 Å². The number of fused-ring (bicyclic) bond motifs is 1. The predicted molar refractivity (Wildman–Crippen MR) is 191 cm³/mol. The first-order valence-corrected chi connectivity index (χ1v) is 17.6. The molecule has 1 amide bonds. The second-order valence-electron chi connectivity index (χ2n) is 13.9. The number of carbonyl (C=O) groups excluding carboxylic acids is 1. The fourth-order valence-electron chi connectivity index (χ4n) is 7.49. The van der Waals surface area contributed by atoms with E-state index in [-0.39, 0.29) is 36.2 Å². The van der Waals surface area contributed by atoms with Gasteiger partial charge in [-0.1, -0.05) is 6.07 Å². The molecule has 1 saturated heterocycles. The fourth-order valence-corrected chi connectivity index (χ4v) is 7.49. The third-order valence-corrected chi connectivity index (χ3v) is 10.0. The quantitative estimate of drug-likeness (QED) is 0.163. The number of benzene rings is 1. The molecule has 1 N–H and O–H groups in total. The Morgan fingerprint density at radius 2 is 1.96 bits per heavy atom. The van der Waals surface area contributed by atoms with Gasteiger partial charge >= 0.3 is 0 Å². The molecule has 1 aromatic carbocycles. The molecule has 5 heterocycles. The number of ether oxygens (including phenoxy) is 2. The average molecular weight is 683 g/mol. The molecule has 0 atom stereocenters. The highest BCUT2D eigenvalue weighted by atomic mass is 19.1. The number of nitrogens with zero attached hydrogens (tertiary/aromatic N) is 7. The van der Waals surface area contributed by atoms with Gasteiger partial charge in [-0.05, 0) is 76.4 Å². The smallest absolute Gasteiger partial charge is 0.257 e. The Balaban J connectivity index is 0.00000448. The molecule has 4 aromatic rings. The number of amides is 1. The predicted octanol–water partition coefficient (Wildman–Crippen LogP) is 6.22. The zero-order chi connectivity index (χ0) is 34.7. The van der Waals surface area contributed by atoms with Crippen LogP contribution in [0.3, 0.4) is 0 Å². The number of anilines is 2. The Kier molecular flexibility index (Phi) is 9.80. The van der Waals surface area contributed by atoms with Crippen LogP contribution < -0.4 is 19.7 Å². The summed E-state index contributed by atoms with van der Waals surface area (Å²) < 4.78 is 27.2. The van der Waals surface area contributed by atoms with E-state index >= 15 is 0 Å². The van der Waals surface area contributed by atoms with E-state index in [1.54, 1.807) is 17.3 Å². The van der Waals surface area contributed by atoms with Crippen molar-refractivity contribution in [1.82, 2.24) is 29.7 Å². The minimum Gasteiger partial charge on any atom is -0.490 e. The van der Waals surface area contributed by atoms with Crippen molar-refractivity contribution in [2.45, 2.75) is 65.1 Å². The summed E-state index contributed by atoms with van der Waals surface area (Å²) in [6.45, 7) is 11.6. The van der Waals surface area contributed by atoms with Crippen molar-refractivity contribution < 1.29 is 20.1 Å². The van der Waals surface area contributed by atoms with E-state index in [0.717, 1.165) is 82.2 Å². The zero-order valence-electron chi connectivity index (χ0n) is 29.0. The molecule has 12 heteroatoms. The zero-order valence-corrected chi connectivity index (χ0v) is 29.0. The molecule has 3 aromatic heterocycles. The largest absolute Gasteiger partial charge is 0.490 e. The monoisotopic (exact) mass is 682 g/mol. The van der Waals surface area contributed by atoms with E-state index in [1.165, 1.54) is 30.1 Å². The highest BCUT2D eigenvalue weighted by Crippen LogP contribution is 2.52. The summed E-state index contributed by atoms with van der Waals surface area (Å²) in [6, 6.07) is 11.9. The van der Waals surface area contributed by atoms with Gasteiger partial charge in [-0.15, -0.1) is 0 Å². The van der Waals surface area contributed by atoms with Crippen LogP contribution in [0.5, 0.6) is 17.2 Å². The van der Waals surface area contributed by atoms with Crippen molar-refractivity contribution in [3.05, 3.63) is 90.0 Å². The molecule has 264 valence electrons. The Morgan fingerprint density at radius 3 is 2.74 bits per heavy atom. The first-order valence-electron chi connectivity index (χ1n) is 17.6. The third kappa shape index (κ3) is 7.21. The topological polar surface area (TPSA) is 109 Å². The maximum atomic E-state index is 14.3. The van der Waals surface area contributed by atoms with Crippen molar-refractivity contribution in [2.75, 3.05) is 49.5 Å². The molecule has 0 unspecified atom stereocenters. The first-order chi connectivity index (χ1) is 24.3. The first kappa shape index (κ1) is 33.6. The Labute approximate surface area is 294 Å². The molecule has 1 spiro atoms. The summed E-state index contributed by atoms with van der Waals surface area (Å²) in [7, 11) is 0. The highest BCUT2D eigenvalue weighted by molar-refractivity contribution is 5.97. The Morgan fingerprint density at radius 1 is 1.10 bits per heavy atom. The molecule has 2 fully saturated rings. The second kappa shape index (κ2) is 14.6. The summed E-state index contributed by atoms with van der Waals surface area (Å²) in [5.74, 6) is 2.46. The molecule has 11 nitrogen and oxygen atoms in total. The number of carbonyl (C=O) groups is 1. The summed E-state index contributed by atoms with van der Waals surface area (Å²) in [6.07, 6.45) is 10.8. The molecule has 0 bridgehead atoms. The van der Waals surface area contributed by atoms with Crippen LogP contribution in [-0.2, 0) is 13.0 Å². The van der Waals surface area contributed by atoms with Crippen molar-refractivity contribution in [3.63, 3.8) is 0 Å². The standard InChI is InChI=1S/C38H45FN8O3.H2/c1-4-47(26(2)3)37(48)29-18-27(39)9-10-32(29)50-34-21-40-25-44-36(34)46-23-38(24-46)19-28(20-38)49-33-11-15-41-31-12-17-45(22-30(31)33)16-7-14-43-35-8-5-6-13-42-35;/h5-6,8-11,13,15,18,21,25-26,28H,4,7,12,14,16-17,19-20,22-24H2,1-3H3,(H,42,43);1H. The second-order valence-corrected chi connectivity index (χ2v) is 13.9. The maximum absolute atomic E-state index is 14.3. The lowest BCUT2D eigenvalue weighted by molar-refractivity contribution is -0.0352. The van der Waals surface area contributed by atoms with Crippen LogP contribution in [-0.4, -0.2) is 87.1 Å². The van der Waals surface area contributed by atoms with Crippen molar-refractivity contribution in [2.24, 2.45) is 5.41 Å². The lowest BCUT2D eigenvalue weighted by atomic mass is 9.61. The van der Waals surface area contributed by atoms with Gasteiger partial charge in [0.1, 0.15) is 35.6 Å². The van der Waals surface area contributed by atoms with Gasteiger partial charge in [-0.25, -0.2) is 19.3 Å². The molecular weight excluding hydrogens is 635 g/mol. The molecule has 0 radical (unpaired) electrons. The molecule has 3 aliphatic rings. The Hall–Kier alpha value is -4.84. The lowest BCUT2D eigenvalue weighted by Crippen LogP contribution is -2.65. The van der Waals surface area contributed by atoms with Crippen LogP contribution >= 0.6 is 0 Å². The molecule has 7 rings (SSSR count). The number of aromatic nitrogens is 4. The van der Waals surface area contributed by atoms with E-state index in [2.05, 4.69) is 35.1 Å². The van der Waals surface area contributed by atoms with Crippen molar-refractivity contribution in [3.8, 4) is 17.2 Å². The van der Waals surface area contributed by atoms with Gasteiger partial charge in [-0.3, -0.25) is 14.7 Å². The van der Waals surface area contributed by atoms with Crippen molar-refractivity contribution >= 4 is 17.5 Å². The van der Waals surface area contributed by atoms with Crippen molar-refractivity contribution in [1.29, 1.82) is 0 Å². The van der Waals surface area contributed by atoms with Crippen LogP contribution in [0.1, 0.15) is 63.1 Å². The SMILES string of the molecule is CCN(C(=O)c1cc(F)ccc1Oc1cncnc1N1CC2(CC(Oc3ccnc4c3CN(CCCNc3ccccn3)CC4)C2)C1)C(C)C.[HH]. The summed E-state index contributed by atoms with van der Waals surface area (Å²) >= 11 is 0. The Bertz CT molecular complexity index is 1800. The van der Waals surface area contributed by atoms with Gasteiger partial charge in [-0.2, -0.15) is 0 Å². The number of pyridine rings is 2. The lowest BCUT2D eigenvalue weighted by Gasteiger charge is -2.59. The summed E-state index contributed by atoms with van der Waals surface area (Å²) in [4.78, 5) is 37.5. The minimum atomic E-state index is -0.494. The third-order valence-electron chi connectivity index (χ3n) is 10.0. The van der Waals surface area contributed by atoms with Gasteiger partial charge in [0, 0.05) is 88.8 Å². The fraction of sp³-hybridized carbons (Fsp3) is 0.447. The van der Waals surface area contributed by atoms with E-state index < -0.39 is 5.82 Å². The van der Waals surface area contributed by atoms with Gasteiger partial charge < -0.3 is 24.6 Å². The number of rotatable bonds is 13. The normalized spacial score (nSPS) is 16.8. The molecule has 2 aliphatic heterocycles. The highest BCUT2D eigenvalue weighted by Gasteiger charge is 2.54. The number of hydrogen-bond acceptors (Lipinski definition) is 10. The van der Waals surface area contributed by atoms with Gasteiger partial charge in [0.2, 0.25) is 0 Å². The van der Waals surface area contributed by atoms with Crippen LogP contribution in [0.2, 0.25) is 0 Å². The summed E-state index contributed by atoms with van der Waals surface area (Å²) in [5, 5.41) is 3.40. The van der Waals surface area contributed by atoms with E-state index in [9.17, 15) is 9.18 Å². The van der Waals surface area contributed by atoms with Crippen LogP contribution in [0.15, 0.2) is 67.4 Å². The number of hydrogen-bond donors (Lipinski definition) is 1. The minimum absolute atomic E-state index is 0. The summed E-state index contributed by atoms with van der Waals surface area (Å²) in [5.41, 5.74) is 2.68. The molecule has 1 saturated carbocycles.